The number of nitrogens with one attached hydrogen (secondary N) is 1. The van der Waals surface area contributed by atoms with Gasteiger partial charge in [-0.1, -0.05) is 25.1 Å². The lowest BCUT2D eigenvalue weighted by Crippen LogP contribution is -2.31. The average Bonchev–Trinajstić information content (AvgIpc) is 2.92. The monoisotopic (exact) mass is 384 g/mol. The summed E-state index contributed by atoms with van der Waals surface area (Å²) in [4.78, 5) is 14.3. The number of fused-ring (bicyclic) bond motifs is 1. The predicted octanol–water partition coefficient (Wildman–Crippen LogP) is 4.10. The third-order valence-electron chi connectivity index (χ3n) is 4.30. The van der Waals surface area contributed by atoms with Crippen LogP contribution >= 0.6 is 12.2 Å². The maximum atomic E-state index is 12.7. The van der Waals surface area contributed by atoms with E-state index in [9.17, 15) is 4.79 Å². The number of amides is 1. The molecule has 2 aromatic rings. The zero-order valence-corrected chi connectivity index (χ0v) is 16.7. The average molecular weight is 385 g/mol. The molecule has 0 aromatic heterocycles. The Morgan fingerprint density at radius 2 is 1.81 bits per heavy atom. The lowest BCUT2D eigenvalue weighted by Gasteiger charge is -2.14. The van der Waals surface area contributed by atoms with E-state index in [1.54, 1.807) is 4.90 Å². The normalized spacial score (nSPS) is 15.5. The van der Waals surface area contributed by atoms with Crippen molar-refractivity contribution in [2.45, 2.75) is 27.2 Å². The van der Waals surface area contributed by atoms with Crippen LogP contribution in [0.15, 0.2) is 36.0 Å². The van der Waals surface area contributed by atoms with Gasteiger partial charge >= 0.3 is 0 Å². The van der Waals surface area contributed by atoms with Gasteiger partial charge in [0.1, 0.15) is 17.2 Å². The molecule has 1 N–H and O–H groups in total. The lowest BCUT2D eigenvalue weighted by molar-refractivity contribution is -0.122. The molecule has 142 valence electrons. The molecule has 0 spiro atoms. The summed E-state index contributed by atoms with van der Waals surface area (Å²) in [5.74, 6) is 1.46. The van der Waals surface area contributed by atoms with E-state index in [1.807, 2.05) is 57.2 Å². The Balaban J connectivity index is 2.13. The quantitative estimate of drug-likeness (QED) is 0.575. The van der Waals surface area contributed by atoms with Gasteiger partial charge in [0.15, 0.2) is 5.11 Å². The van der Waals surface area contributed by atoms with Crippen molar-refractivity contribution < 1.29 is 14.3 Å². The minimum absolute atomic E-state index is 0.0993. The van der Waals surface area contributed by atoms with Crippen LogP contribution in [-0.4, -0.2) is 35.7 Å². The van der Waals surface area contributed by atoms with Crippen LogP contribution in [0.1, 0.15) is 32.8 Å². The number of ether oxygens (including phenoxy) is 2. The van der Waals surface area contributed by atoms with Crippen LogP contribution in [0.5, 0.6) is 11.5 Å². The smallest absolute Gasteiger partial charge is 0.276 e. The molecule has 0 unspecified atom stereocenters. The Morgan fingerprint density at radius 3 is 2.52 bits per heavy atom. The summed E-state index contributed by atoms with van der Waals surface area (Å²) in [6, 6.07) is 9.76. The van der Waals surface area contributed by atoms with Gasteiger partial charge in [0.25, 0.3) is 5.91 Å². The van der Waals surface area contributed by atoms with Crippen molar-refractivity contribution in [1.82, 2.24) is 10.2 Å². The molecule has 2 aromatic carbocycles. The molecular weight excluding hydrogens is 360 g/mol. The van der Waals surface area contributed by atoms with Crippen LogP contribution in [0, 0.1) is 0 Å². The Bertz CT molecular complexity index is 908. The molecule has 1 aliphatic rings. The second-order valence-corrected chi connectivity index (χ2v) is 6.53. The summed E-state index contributed by atoms with van der Waals surface area (Å²) >= 11 is 5.30. The first kappa shape index (κ1) is 19.2. The molecule has 0 aliphatic carbocycles. The molecule has 3 rings (SSSR count). The number of carbonyl (C=O) groups is 1. The van der Waals surface area contributed by atoms with Crippen LogP contribution in [0.4, 0.5) is 0 Å². The molecule has 1 aliphatic heterocycles. The molecule has 0 atom stereocenters. The fraction of sp³-hybridized carbons (Fsp3) is 0.333. The second kappa shape index (κ2) is 8.39. The maximum absolute atomic E-state index is 12.7. The van der Waals surface area contributed by atoms with Gasteiger partial charge in [0.05, 0.1) is 13.2 Å². The molecule has 0 radical (unpaired) electrons. The molecule has 1 amide bonds. The predicted molar refractivity (Wildman–Crippen MR) is 112 cm³/mol. The summed E-state index contributed by atoms with van der Waals surface area (Å²) in [7, 11) is 0. The summed E-state index contributed by atoms with van der Waals surface area (Å²) in [6.07, 6.45) is 2.69. The van der Waals surface area contributed by atoms with E-state index in [2.05, 4.69) is 5.32 Å². The Hall–Kier alpha value is -2.60. The summed E-state index contributed by atoms with van der Waals surface area (Å²) in [5, 5.41) is 5.37. The molecule has 1 fully saturated rings. The van der Waals surface area contributed by atoms with Crippen molar-refractivity contribution in [3.63, 3.8) is 0 Å². The minimum Gasteiger partial charge on any atom is -0.493 e. The van der Waals surface area contributed by atoms with E-state index in [0.717, 1.165) is 34.3 Å². The zero-order chi connectivity index (χ0) is 19.4. The number of benzene rings is 2. The number of hydrogen-bond acceptors (Lipinski definition) is 4. The number of thiocarbonyl (C=S) groups is 1. The molecule has 0 saturated carbocycles. The van der Waals surface area contributed by atoms with Gasteiger partial charge in [-0.25, -0.2) is 0 Å². The minimum atomic E-state index is -0.0993. The molecule has 1 saturated heterocycles. The number of hydrogen-bond donors (Lipinski definition) is 1. The number of carbonyl (C=O) groups excluding carboxylic acids is 1. The molecular formula is C21H24N2O3S. The van der Waals surface area contributed by atoms with Crippen molar-refractivity contribution >= 4 is 40.1 Å². The SMILES string of the molecule is CCCN1C(=O)/C(=C/c2ccc(OCC)c3cccc(OCC)c23)NC1=S. The maximum Gasteiger partial charge on any atom is 0.276 e. The van der Waals surface area contributed by atoms with E-state index in [-0.39, 0.29) is 5.91 Å². The largest absolute Gasteiger partial charge is 0.493 e. The van der Waals surface area contributed by atoms with Gasteiger partial charge in [-0.05, 0) is 56.3 Å². The van der Waals surface area contributed by atoms with Crippen LogP contribution in [-0.2, 0) is 4.79 Å². The van der Waals surface area contributed by atoms with Crippen molar-refractivity contribution in [3.05, 3.63) is 41.6 Å². The van der Waals surface area contributed by atoms with Gasteiger partial charge in [0, 0.05) is 17.3 Å². The third-order valence-corrected chi connectivity index (χ3v) is 4.63. The van der Waals surface area contributed by atoms with Gasteiger partial charge in [-0.15, -0.1) is 0 Å². The standard InChI is InChI=1S/C21H24N2O3S/c1-4-12-23-20(24)16(22-21(23)27)13-14-10-11-17(25-5-2)15-8-7-9-18(19(14)15)26-6-3/h7-11,13H,4-6,12H2,1-3H3,(H,22,27)/b16-13-. The lowest BCUT2D eigenvalue weighted by atomic mass is 10.0. The van der Waals surface area contributed by atoms with Crippen LogP contribution in [0.3, 0.4) is 0 Å². The van der Waals surface area contributed by atoms with Crippen LogP contribution in [0.2, 0.25) is 0 Å². The van der Waals surface area contributed by atoms with E-state index < -0.39 is 0 Å². The Morgan fingerprint density at radius 1 is 1.07 bits per heavy atom. The summed E-state index contributed by atoms with van der Waals surface area (Å²) in [5.41, 5.74) is 1.36. The van der Waals surface area contributed by atoms with Crippen LogP contribution in [0.25, 0.3) is 16.8 Å². The van der Waals surface area contributed by atoms with Crippen molar-refractivity contribution in [1.29, 1.82) is 0 Å². The molecule has 27 heavy (non-hydrogen) atoms. The first-order valence-corrected chi connectivity index (χ1v) is 9.67. The first-order valence-electron chi connectivity index (χ1n) is 9.26. The van der Waals surface area contributed by atoms with Gasteiger partial charge in [-0.3, -0.25) is 9.69 Å². The van der Waals surface area contributed by atoms with Gasteiger partial charge in [-0.2, -0.15) is 0 Å². The molecule has 1 heterocycles. The topological polar surface area (TPSA) is 50.8 Å². The fourth-order valence-electron chi connectivity index (χ4n) is 3.20. The first-order chi connectivity index (χ1) is 13.1. The number of rotatable bonds is 7. The van der Waals surface area contributed by atoms with Crippen molar-refractivity contribution in [2.75, 3.05) is 19.8 Å². The van der Waals surface area contributed by atoms with E-state index >= 15 is 0 Å². The molecule has 6 heteroatoms. The Labute approximate surface area is 164 Å². The highest BCUT2D eigenvalue weighted by molar-refractivity contribution is 7.80. The van der Waals surface area contributed by atoms with Crippen molar-refractivity contribution in [2.24, 2.45) is 0 Å². The highest BCUT2D eigenvalue weighted by Gasteiger charge is 2.30. The fourth-order valence-corrected chi connectivity index (χ4v) is 3.49. The number of nitrogens with zero attached hydrogens (tertiary/aromatic N) is 1. The summed E-state index contributed by atoms with van der Waals surface area (Å²) < 4.78 is 11.6. The Kier molecular flexibility index (Phi) is 5.96. The summed E-state index contributed by atoms with van der Waals surface area (Å²) in [6.45, 7) is 7.67. The van der Waals surface area contributed by atoms with Gasteiger partial charge < -0.3 is 14.8 Å². The molecule has 0 bridgehead atoms. The van der Waals surface area contributed by atoms with E-state index in [1.165, 1.54) is 0 Å². The van der Waals surface area contributed by atoms with Gasteiger partial charge in [0.2, 0.25) is 0 Å². The van der Waals surface area contributed by atoms with Crippen molar-refractivity contribution in [3.8, 4) is 11.5 Å². The zero-order valence-electron chi connectivity index (χ0n) is 15.9. The van der Waals surface area contributed by atoms with E-state index in [4.69, 9.17) is 21.7 Å². The second-order valence-electron chi connectivity index (χ2n) is 6.14. The van der Waals surface area contributed by atoms with E-state index in [0.29, 0.717) is 30.6 Å². The highest BCUT2D eigenvalue weighted by atomic mass is 32.1. The highest BCUT2D eigenvalue weighted by Crippen LogP contribution is 2.36. The molecule has 5 nitrogen and oxygen atoms in total. The van der Waals surface area contributed by atoms with Crippen LogP contribution < -0.4 is 14.8 Å². The third kappa shape index (κ3) is 3.76.